The molecule has 1 saturated heterocycles. The minimum Gasteiger partial charge on any atom is -0.345 e. The third kappa shape index (κ3) is 2.74. The molecule has 1 amide bonds. The van der Waals surface area contributed by atoms with E-state index in [9.17, 15) is 4.79 Å². The lowest BCUT2D eigenvalue weighted by molar-refractivity contribution is 0.0760. The maximum Gasteiger partial charge on any atom is 0.274 e. The highest BCUT2D eigenvalue weighted by Gasteiger charge is 2.19. The van der Waals surface area contributed by atoms with Crippen molar-refractivity contribution in [2.24, 2.45) is 0 Å². The molecule has 0 bridgehead atoms. The lowest BCUT2D eigenvalue weighted by Gasteiger charge is -2.19. The van der Waals surface area contributed by atoms with Crippen molar-refractivity contribution in [3.63, 3.8) is 0 Å². The van der Waals surface area contributed by atoms with Gasteiger partial charge in [-0.15, -0.1) is 0 Å². The van der Waals surface area contributed by atoms with Gasteiger partial charge in [0.25, 0.3) is 5.91 Å². The summed E-state index contributed by atoms with van der Waals surface area (Å²) in [7, 11) is 0. The van der Waals surface area contributed by atoms with Crippen molar-refractivity contribution in [3.8, 4) is 11.3 Å². The fourth-order valence-corrected chi connectivity index (χ4v) is 2.96. The molecule has 7 heteroatoms. The van der Waals surface area contributed by atoms with E-state index in [2.05, 4.69) is 25.3 Å². The molecule has 0 spiro atoms. The quantitative estimate of drug-likeness (QED) is 0.746. The molecule has 0 saturated carbocycles. The zero-order valence-corrected chi connectivity index (χ0v) is 13.2. The first-order chi connectivity index (χ1) is 11.8. The maximum atomic E-state index is 12.5. The van der Waals surface area contributed by atoms with E-state index in [0.717, 1.165) is 48.3 Å². The van der Waals surface area contributed by atoms with Crippen LogP contribution in [0.3, 0.4) is 0 Å². The number of pyridine rings is 1. The summed E-state index contributed by atoms with van der Waals surface area (Å²) < 4.78 is 0. The van der Waals surface area contributed by atoms with Gasteiger partial charge in [0.05, 0.1) is 18.1 Å². The van der Waals surface area contributed by atoms with Crippen molar-refractivity contribution in [3.05, 3.63) is 42.6 Å². The molecule has 1 aliphatic heterocycles. The van der Waals surface area contributed by atoms with Gasteiger partial charge >= 0.3 is 0 Å². The number of amides is 1. The third-order valence-electron chi connectivity index (χ3n) is 4.23. The van der Waals surface area contributed by atoms with E-state index >= 15 is 0 Å². The summed E-state index contributed by atoms with van der Waals surface area (Å²) in [4.78, 5) is 30.5. The Balaban J connectivity index is 1.59. The Morgan fingerprint density at radius 1 is 1.12 bits per heavy atom. The number of aromatic nitrogens is 4. The van der Waals surface area contributed by atoms with Crippen LogP contribution >= 0.6 is 0 Å². The van der Waals surface area contributed by atoms with Gasteiger partial charge < -0.3 is 15.2 Å². The SMILES string of the molecule is O=C(c1cnc(-c2c[nH]c3ncccc23)cn1)N1CCCNCC1. The second kappa shape index (κ2) is 6.37. The molecule has 2 N–H and O–H groups in total. The van der Waals surface area contributed by atoms with Crippen molar-refractivity contribution in [2.75, 3.05) is 26.2 Å². The molecule has 4 heterocycles. The standard InChI is InChI=1S/C17H18N6O/c24-17(23-7-2-4-18-6-8-23)15-11-20-14(10-21-15)13-9-22-16-12(13)3-1-5-19-16/h1,3,5,9-11,18H,2,4,6-8H2,(H,19,22). The van der Waals surface area contributed by atoms with Gasteiger partial charge in [0.2, 0.25) is 0 Å². The van der Waals surface area contributed by atoms with Gasteiger partial charge in [-0.25, -0.2) is 9.97 Å². The Morgan fingerprint density at radius 3 is 2.96 bits per heavy atom. The molecule has 1 aliphatic rings. The predicted molar refractivity (Wildman–Crippen MR) is 90.5 cm³/mol. The highest BCUT2D eigenvalue weighted by molar-refractivity contribution is 5.94. The summed E-state index contributed by atoms with van der Waals surface area (Å²) in [5, 5.41) is 4.28. The van der Waals surface area contributed by atoms with Crippen LogP contribution in [0, 0.1) is 0 Å². The predicted octanol–water partition coefficient (Wildman–Crippen LogP) is 1.46. The first-order valence-electron chi connectivity index (χ1n) is 8.07. The number of nitrogens with zero attached hydrogens (tertiary/aromatic N) is 4. The number of nitrogens with one attached hydrogen (secondary N) is 2. The average molecular weight is 322 g/mol. The first-order valence-corrected chi connectivity index (χ1v) is 8.07. The Kier molecular flexibility index (Phi) is 3.92. The van der Waals surface area contributed by atoms with E-state index in [0.29, 0.717) is 12.2 Å². The zero-order valence-electron chi connectivity index (χ0n) is 13.2. The second-order valence-corrected chi connectivity index (χ2v) is 5.78. The third-order valence-corrected chi connectivity index (χ3v) is 4.23. The van der Waals surface area contributed by atoms with E-state index in [4.69, 9.17) is 0 Å². The van der Waals surface area contributed by atoms with Crippen LogP contribution in [0.2, 0.25) is 0 Å². The molecule has 0 aliphatic carbocycles. The van der Waals surface area contributed by atoms with Crippen LogP contribution in [-0.2, 0) is 0 Å². The number of hydrogen-bond donors (Lipinski definition) is 2. The minimum absolute atomic E-state index is 0.0571. The summed E-state index contributed by atoms with van der Waals surface area (Å²) >= 11 is 0. The topological polar surface area (TPSA) is 86.8 Å². The van der Waals surface area contributed by atoms with Crippen molar-refractivity contribution in [1.29, 1.82) is 0 Å². The van der Waals surface area contributed by atoms with Crippen LogP contribution in [0.1, 0.15) is 16.9 Å². The molecule has 24 heavy (non-hydrogen) atoms. The lowest BCUT2D eigenvalue weighted by atomic mass is 10.1. The van der Waals surface area contributed by atoms with Crippen LogP contribution in [0.5, 0.6) is 0 Å². The molecule has 7 nitrogen and oxygen atoms in total. The van der Waals surface area contributed by atoms with Crippen LogP contribution in [0.4, 0.5) is 0 Å². The lowest BCUT2D eigenvalue weighted by Crippen LogP contribution is -2.34. The van der Waals surface area contributed by atoms with Crippen molar-refractivity contribution >= 4 is 16.9 Å². The molecule has 3 aromatic heterocycles. The van der Waals surface area contributed by atoms with E-state index in [1.165, 1.54) is 0 Å². The molecule has 0 radical (unpaired) electrons. The smallest absolute Gasteiger partial charge is 0.274 e. The number of rotatable bonds is 2. The van der Waals surface area contributed by atoms with Crippen LogP contribution in [0.15, 0.2) is 36.9 Å². The second-order valence-electron chi connectivity index (χ2n) is 5.78. The summed E-state index contributed by atoms with van der Waals surface area (Å²) in [6, 6.07) is 3.87. The first kappa shape index (κ1) is 14.8. The molecule has 3 aromatic rings. The van der Waals surface area contributed by atoms with E-state index in [-0.39, 0.29) is 5.91 Å². The molecule has 0 atom stereocenters. The van der Waals surface area contributed by atoms with Gasteiger partial charge in [-0.3, -0.25) is 9.78 Å². The van der Waals surface area contributed by atoms with Gasteiger partial charge in [0.1, 0.15) is 11.3 Å². The van der Waals surface area contributed by atoms with Gasteiger partial charge in [0.15, 0.2) is 0 Å². The van der Waals surface area contributed by atoms with Gasteiger partial charge in [-0.05, 0) is 25.1 Å². The fraction of sp³-hybridized carbons (Fsp3) is 0.294. The highest BCUT2D eigenvalue weighted by atomic mass is 16.2. The molecule has 0 aromatic carbocycles. The fourth-order valence-electron chi connectivity index (χ4n) is 2.96. The number of aromatic amines is 1. The number of hydrogen-bond acceptors (Lipinski definition) is 5. The van der Waals surface area contributed by atoms with Crippen LogP contribution in [-0.4, -0.2) is 56.9 Å². The van der Waals surface area contributed by atoms with E-state index in [1.54, 1.807) is 18.6 Å². The molecule has 4 rings (SSSR count). The van der Waals surface area contributed by atoms with Gasteiger partial charge in [0, 0.05) is 43.0 Å². The Bertz CT molecular complexity index is 849. The molecular weight excluding hydrogens is 304 g/mol. The Morgan fingerprint density at radius 2 is 2.08 bits per heavy atom. The molecule has 122 valence electrons. The normalized spacial score (nSPS) is 15.4. The summed E-state index contributed by atoms with van der Waals surface area (Å²) in [5.74, 6) is -0.0571. The molecule has 0 unspecified atom stereocenters. The molecule has 1 fully saturated rings. The van der Waals surface area contributed by atoms with Crippen LogP contribution in [0.25, 0.3) is 22.3 Å². The maximum absolute atomic E-state index is 12.5. The Labute approximate surface area is 139 Å². The summed E-state index contributed by atoms with van der Waals surface area (Å²) in [6.07, 6.45) is 7.78. The highest BCUT2D eigenvalue weighted by Crippen LogP contribution is 2.25. The molecular formula is C17H18N6O. The minimum atomic E-state index is -0.0571. The van der Waals surface area contributed by atoms with Gasteiger partial charge in [-0.1, -0.05) is 0 Å². The van der Waals surface area contributed by atoms with E-state index in [1.807, 2.05) is 23.2 Å². The Hall–Kier alpha value is -2.80. The monoisotopic (exact) mass is 322 g/mol. The number of carbonyl (C=O) groups is 1. The number of carbonyl (C=O) groups excluding carboxylic acids is 1. The summed E-state index contributed by atoms with van der Waals surface area (Å²) in [6.45, 7) is 3.22. The number of H-pyrrole nitrogens is 1. The van der Waals surface area contributed by atoms with Crippen LogP contribution < -0.4 is 5.32 Å². The average Bonchev–Trinajstić information content (AvgIpc) is 2.87. The van der Waals surface area contributed by atoms with Crippen molar-refractivity contribution < 1.29 is 4.79 Å². The zero-order chi connectivity index (χ0) is 16.4. The van der Waals surface area contributed by atoms with E-state index < -0.39 is 0 Å². The van der Waals surface area contributed by atoms with Crippen molar-refractivity contribution in [2.45, 2.75) is 6.42 Å². The van der Waals surface area contributed by atoms with Crippen molar-refractivity contribution in [1.82, 2.24) is 30.2 Å². The number of fused-ring (bicyclic) bond motifs is 1. The summed E-state index contributed by atoms with van der Waals surface area (Å²) in [5.41, 5.74) is 2.86. The van der Waals surface area contributed by atoms with Gasteiger partial charge in [-0.2, -0.15) is 0 Å². The largest absolute Gasteiger partial charge is 0.345 e.